The third-order valence-corrected chi connectivity index (χ3v) is 9.60. The highest BCUT2D eigenvalue weighted by atomic mass is 16.6. The van der Waals surface area contributed by atoms with E-state index in [-0.39, 0.29) is 13.2 Å². The molecule has 0 aromatic rings. The van der Waals surface area contributed by atoms with E-state index in [9.17, 15) is 19.7 Å². The second-order valence-corrected chi connectivity index (χ2v) is 14.6. The molecule has 0 saturated heterocycles. The third-order valence-electron chi connectivity index (χ3n) is 9.60. The van der Waals surface area contributed by atoms with E-state index in [4.69, 9.17) is 9.47 Å². The summed E-state index contributed by atoms with van der Waals surface area (Å²) in [4.78, 5) is 35.4. The monoisotopic (exact) mass is 698 g/mol. The van der Waals surface area contributed by atoms with Crippen LogP contribution in [0.3, 0.4) is 0 Å². The quantitative estimate of drug-likeness (QED) is 0.0379. The SMILES string of the molecule is CCCCCCCCCCCCCCCCCNC(=O)OCC(C)(CNC(=O)OCCCCCCCCCCCCCCCCC)[N+](=O)[O-]. The highest BCUT2D eigenvalue weighted by Gasteiger charge is 2.39. The lowest BCUT2D eigenvalue weighted by atomic mass is 10.0. The van der Waals surface area contributed by atoms with Gasteiger partial charge in [-0.2, -0.15) is 0 Å². The van der Waals surface area contributed by atoms with Gasteiger partial charge in [0.05, 0.1) is 13.2 Å². The van der Waals surface area contributed by atoms with Gasteiger partial charge in [0, 0.05) is 18.4 Å². The number of nitro groups is 1. The summed E-state index contributed by atoms with van der Waals surface area (Å²) < 4.78 is 10.3. The molecular formula is C40H79N3O6. The first-order valence-corrected chi connectivity index (χ1v) is 20.8. The fraction of sp³-hybridized carbons (Fsp3) is 0.950. The molecule has 0 fully saturated rings. The Morgan fingerprint density at radius 1 is 0.510 bits per heavy atom. The van der Waals surface area contributed by atoms with Gasteiger partial charge in [0.2, 0.25) is 0 Å². The Labute approximate surface area is 301 Å². The fourth-order valence-corrected chi connectivity index (χ4v) is 6.08. The van der Waals surface area contributed by atoms with E-state index in [1.807, 2.05) is 0 Å². The van der Waals surface area contributed by atoms with Crippen molar-refractivity contribution in [2.45, 2.75) is 219 Å². The minimum atomic E-state index is -1.64. The van der Waals surface area contributed by atoms with Crippen LogP contribution in [0.4, 0.5) is 9.59 Å². The van der Waals surface area contributed by atoms with Crippen LogP contribution in [-0.2, 0) is 9.47 Å². The van der Waals surface area contributed by atoms with Crippen molar-refractivity contribution in [2.75, 3.05) is 26.3 Å². The van der Waals surface area contributed by atoms with Crippen molar-refractivity contribution in [2.24, 2.45) is 0 Å². The molecule has 0 aliphatic rings. The number of carbonyl (C=O) groups is 2. The molecule has 290 valence electrons. The molecule has 0 aliphatic carbocycles. The zero-order chi connectivity index (χ0) is 36.1. The van der Waals surface area contributed by atoms with Crippen LogP contribution in [0.15, 0.2) is 0 Å². The highest BCUT2D eigenvalue weighted by Crippen LogP contribution is 2.15. The predicted octanol–water partition coefficient (Wildman–Crippen LogP) is 12.2. The van der Waals surface area contributed by atoms with Gasteiger partial charge in [-0.1, -0.05) is 194 Å². The number of alkyl carbamates (subject to hydrolysis) is 2. The van der Waals surface area contributed by atoms with Gasteiger partial charge in [-0.3, -0.25) is 10.1 Å². The molecule has 49 heavy (non-hydrogen) atoms. The summed E-state index contributed by atoms with van der Waals surface area (Å²) in [5, 5.41) is 16.8. The van der Waals surface area contributed by atoms with E-state index < -0.39 is 29.3 Å². The van der Waals surface area contributed by atoms with Crippen molar-refractivity contribution in [1.29, 1.82) is 0 Å². The molecule has 0 spiro atoms. The van der Waals surface area contributed by atoms with E-state index >= 15 is 0 Å². The Morgan fingerprint density at radius 3 is 1.20 bits per heavy atom. The molecule has 1 unspecified atom stereocenters. The van der Waals surface area contributed by atoms with Crippen molar-refractivity contribution in [3.05, 3.63) is 10.1 Å². The van der Waals surface area contributed by atoms with Crippen LogP contribution in [0.5, 0.6) is 0 Å². The number of carbonyl (C=O) groups excluding carboxylic acids is 2. The number of hydrogen-bond acceptors (Lipinski definition) is 6. The maximum Gasteiger partial charge on any atom is 0.407 e. The minimum Gasteiger partial charge on any atom is -0.450 e. The lowest BCUT2D eigenvalue weighted by Crippen LogP contribution is -2.51. The van der Waals surface area contributed by atoms with Gasteiger partial charge in [-0.25, -0.2) is 9.59 Å². The van der Waals surface area contributed by atoms with Crippen LogP contribution in [0.2, 0.25) is 0 Å². The Morgan fingerprint density at radius 2 is 0.837 bits per heavy atom. The summed E-state index contributed by atoms with van der Waals surface area (Å²) in [6.45, 7) is 5.91. The summed E-state index contributed by atoms with van der Waals surface area (Å²) in [5.41, 5.74) is -1.64. The third kappa shape index (κ3) is 32.9. The maximum atomic E-state index is 12.1. The summed E-state index contributed by atoms with van der Waals surface area (Å²) in [5.74, 6) is 0. The van der Waals surface area contributed by atoms with Gasteiger partial charge in [-0.15, -0.1) is 0 Å². The molecule has 1 atom stereocenters. The van der Waals surface area contributed by atoms with Crippen molar-refractivity contribution < 1.29 is 24.0 Å². The summed E-state index contributed by atoms with van der Waals surface area (Å²) in [6, 6.07) is 0. The first-order valence-electron chi connectivity index (χ1n) is 20.8. The number of amides is 2. The standard InChI is InChI=1S/C40H79N3O6/c1-4-6-8-10-12-14-16-18-20-22-24-26-28-30-32-34-41-38(44)49-37-40(3,43(46)47)36-42-39(45)48-35-33-31-29-27-25-23-21-19-17-15-13-11-9-7-5-2/h4-37H2,1-3H3,(H,41,44)(H,42,45). The number of rotatable bonds is 37. The number of nitrogens with zero attached hydrogens (tertiary/aromatic N) is 1. The number of unbranched alkanes of at least 4 members (excludes halogenated alkanes) is 28. The molecule has 2 N–H and O–H groups in total. The predicted molar refractivity (Wildman–Crippen MR) is 204 cm³/mol. The Hall–Kier alpha value is -2.06. The zero-order valence-electron chi connectivity index (χ0n) is 32.4. The molecule has 0 radical (unpaired) electrons. The average Bonchev–Trinajstić information content (AvgIpc) is 3.09. The number of hydrogen-bond donors (Lipinski definition) is 2. The molecule has 9 nitrogen and oxygen atoms in total. The molecule has 0 aliphatic heterocycles. The van der Waals surface area contributed by atoms with Crippen molar-refractivity contribution >= 4 is 12.2 Å². The summed E-state index contributed by atoms with van der Waals surface area (Å²) >= 11 is 0. The summed E-state index contributed by atoms with van der Waals surface area (Å²) in [7, 11) is 0. The largest absolute Gasteiger partial charge is 0.450 e. The second-order valence-electron chi connectivity index (χ2n) is 14.6. The van der Waals surface area contributed by atoms with Gasteiger partial charge in [0.1, 0.15) is 0 Å². The van der Waals surface area contributed by atoms with Crippen LogP contribution in [0.1, 0.15) is 213 Å². The van der Waals surface area contributed by atoms with E-state index in [0.29, 0.717) is 6.54 Å². The second kappa shape index (κ2) is 35.8. The van der Waals surface area contributed by atoms with Gasteiger partial charge in [-0.05, 0) is 12.8 Å². The highest BCUT2D eigenvalue weighted by molar-refractivity contribution is 5.67. The van der Waals surface area contributed by atoms with Crippen LogP contribution in [-0.4, -0.2) is 49.0 Å². The topological polar surface area (TPSA) is 120 Å². The maximum absolute atomic E-state index is 12.1. The first kappa shape index (κ1) is 46.9. The molecule has 0 aromatic heterocycles. The van der Waals surface area contributed by atoms with Gasteiger partial charge < -0.3 is 20.1 Å². The zero-order valence-corrected chi connectivity index (χ0v) is 32.4. The lowest BCUT2D eigenvalue weighted by molar-refractivity contribution is -0.565. The first-order chi connectivity index (χ1) is 23.9. The normalized spacial score (nSPS) is 12.4. The molecule has 2 amide bonds. The van der Waals surface area contributed by atoms with E-state index in [1.54, 1.807) is 0 Å². The average molecular weight is 698 g/mol. The molecule has 0 rings (SSSR count). The van der Waals surface area contributed by atoms with Crippen molar-refractivity contribution in [1.82, 2.24) is 10.6 Å². The van der Waals surface area contributed by atoms with Gasteiger partial charge in [0.25, 0.3) is 5.54 Å². The summed E-state index contributed by atoms with van der Waals surface area (Å²) in [6.07, 6.45) is 36.8. The minimum absolute atomic E-state index is 0.288. The van der Waals surface area contributed by atoms with Gasteiger partial charge >= 0.3 is 12.2 Å². The molecule has 0 bridgehead atoms. The molecule has 9 heteroatoms. The Kier molecular flexibility index (Phi) is 34.3. The van der Waals surface area contributed by atoms with E-state index in [1.165, 1.54) is 161 Å². The lowest BCUT2D eigenvalue weighted by Gasteiger charge is -2.21. The van der Waals surface area contributed by atoms with Crippen LogP contribution in [0.25, 0.3) is 0 Å². The van der Waals surface area contributed by atoms with Crippen LogP contribution in [0, 0.1) is 10.1 Å². The smallest absolute Gasteiger partial charge is 0.407 e. The van der Waals surface area contributed by atoms with E-state index in [2.05, 4.69) is 24.5 Å². The fourth-order valence-electron chi connectivity index (χ4n) is 6.08. The molecule has 0 aromatic carbocycles. The van der Waals surface area contributed by atoms with Crippen LogP contribution < -0.4 is 10.6 Å². The molecule has 0 heterocycles. The van der Waals surface area contributed by atoms with E-state index in [0.717, 1.165) is 38.5 Å². The van der Waals surface area contributed by atoms with Gasteiger partial charge in [0.15, 0.2) is 6.61 Å². The molecular weight excluding hydrogens is 618 g/mol. The number of ether oxygens (including phenoxy) is 2. The Bertz CT molecular complexity index is 714. The number of nitrogens with one attached hydrogen (secondary N) is 2. The van der Waals surface area contributed by atoms with Crippen molar-refractivity contribution in [3.8, 4) is 0 Å². The van der Waals surface area contributed by atoms with Crippen LogP contribution >= 0.6 is 0 Å². The van der Waals surface area contributed by atoms with Crippen molar-refractivity contribution in [3.63, 3.8) is 0 Å². The molecule has 0 saturated carbocycles. The Balaban J connectivity index is 3.70.